The van der Waals surface area contributed by atoms with Crippen molar-refractivity contribution in [1.29, 1.82) is 0 Å². The first-order valence-electron chi connectivity index (χ1n) is 6.08. The molecule has 0 aliphatic carbocycles. The number of aromatic nitrogens is 1. The molecule has 0 aliphatic heterocycles. The van der Waals surface area contributed by atoms with Gasteiger partial charge in [-0.25, -0.2) is 4.98 Å². The van der Waals surface area contributed by atoms with E-state index in [2.05, 4.69) is 36.3 Å². The van der Waals surface area contributed by atoms with E-state index in [0.717, 1.165) is 36.7 Å². The normalized spacial score (nSPS) is 10.7. The van der Waals surface area contributed by atoms with Crippen molar-refractivity contribution in [1.82, 2.24) is 10.3 Å². The molecule has 2 rings (SSSR count). The summed E-state index contributed by atoms with van der Waals surface area (Å²) >= 11 is 0. The van der Waals surface area contributed by atoms with E-state index in [4.69, 9.17) is 4.42 Å². The lowest BCUT2D eigenvalue weighted by molar-refractivity contribution is 0.570. The smallest absolute Gasteiger partial charge is 0.226 e. The molecule has 0 spiro atoms. The van der Waals surface area contributed by atoms with Crippen molar-refractivity contribution in [2.24, 2.45) is 0 Å². The molecule has 3 nitrogen and oxygen atoms in total. The van der Waals surface area contributed by atoms with Gasteiger partial charge in [-0.05, 0) is 24.6 Å². The third-order valence-electron chi connectivity index (χ3n) is 2.74. The van der Waals surface area contributed by atoms with Gasteiger partial charge in [0.05, 0.1) is 5.69 Å². The van der Waals surface area contributed by atoms with Crippen LogP contribution in [0.5, 0.6) is 0 Å². The minimum Gasteiger partial charge on any atom is -0.444 e. The van der Waals surface area contributed by atoms with E-state index in [-0.39, 0.29) is 0 Å². The minimum atomic E-state index is 0.718. The molecule has 0 unspecified atom stereocenters. The van der Waals surface area contributed by atoms with Gasteiger partial charge in [0.1, 0.15) is 6.26 Å². The number of rotatable bonds is 5. The number of benzene rings is 1. The highest BCUT2D eigenvalue weighted by atomic mass is 16.3. The number of oxazole rings is 1. The Morgan fingerprint density at radius 2 is 2.06 bits per heavy atom. The zero-order chi connectivity index (χ0) is 12.1. The topological polar surface area (TPSA) is 38.1 Å². The number of hydrogen-bond acceptors (Lipinski definition) is 3. The summed E-state index contributed by atoms with van der Waals surface area (Å²) in [6.45, 7) is 5.91. The Labute approximate surface area is 102 Å². The van der Waals surface area contributed by atoms with Crippen LogP contribution in [0.4, 0.5) is 0 Å². The van der Waals surface area contributed by atoms with E-state index in [0.29, 0.717) is 0 Å². The summed E-state index contributed by atoms with van der Waals surface area (Å²) in [5.41, 5.74) is 3.31. The Morgan fingerprint density at radius 1 is 1.24 bits per heavy atom. The van der Waals surface area contributed by atoms with Gasteiger partial charge >= 0.3 is 0 Å². The van der Waals surface area contributed by atoms with E-state index in [1.165, 1.54) is 5.56 Å². The molecule has 1 aromatic heterocycles. The lowest BCUT2D eigenvalue weighted by atomic mass is 10.1. The quantitative estimate of drug-likeness (QED) is 0.858. The molecule has 0 fully saturated rings. The fraction of sp³-hybridized carbons (Fsp3) is 0.357. The van der Waals surface area contributed by atoms with Gasteiger partial charge in [-0.2, -0.15) is 0 Å². The van der Waals surface area contributed by atoms with Crippen molar-refractivity contribution < 1.29 is 4.42 Å². The maximum Gasteiger partial charge on any atom is 0.226 e. The molecule has 0 bridgehead atoms. The molecule has 0 atom stereocenters. The number of nitrogens with one attached hydrogen (secondary N) is 1. The fourth-order valence-corrected chi connectivity index (χ4v) is 1.80. The highest BCUT2D eigenvalue weighted by molar-refractivity contribution is 5.58. The molecule has 0 aliphatic rings. The summed E-state index contributed by atoms with van der Waals surface area (Å²) in [4.78, 5) is 4.50. The van der Waals surface area contributed by atoms with Crippen LogP contribution in [0, 0.1) is 0 Å². The molecule has 2 aromatic rings. The van der Waals surface area contributed by atoms with Crippen LogP contribution in [-0.2, 0) is 13.0 Å². The van der Waals surface area contributed by atoms with Crippen LogP contribution in [-0.4, -0.2) is 11.5 Å². The third-order valence-corrected chi connectivity index (χ3v) is 2.74. The van der Waals surface area contributed by atoms with Crippen LogP contribution in [0.15, 0.2) is 34.9 Å². The van der Waals surface area contributed by atoms with Gasteiger partial charge in [0.15, 0.2) is 0 Å². The van der Waals surface area contributed by atoms with Crippen LogP contribution < -0.4 is 5.32 Å². The third kappa shape index (κ3) is 2.74. The van der Waals surface area contributed by atoms with Gasteiger partial charge < -0.3 is 9.73 Å². The van der Waals surface area contributed by atoms with Crippen LogP contribution in [0.3, 0.4) is 0 Å². The molecule has 1 heterocycles. The average Bonchev–Trinajstić information content (AvgIpc) is 2.85. The molecule has 0 saturated carbocycles. The molecule has 3 heteroatoms. The van der Waals surface area contributed by atoms with E-state index in [1.807, 2.05) is 12.1 Å². The van der Waals surface area contributed by atoms with Crippen molar-refractivity contribution in [3.63, 3.8) is 0 Å². The first kappa shape index (κ1) is 11.9. The largest absolute Gasteiger partial charge is 0.444 e. The molecule has 90 valence electrons. The zero-order valence-electron chi connectivity index (χ0n) is 10.4. The second-order valence-corrected chi connectivity index (χ2v) is 3.94. The maximum atomic E-state index is 5.54. The minimum absolute atomic E-state index is 0.718. The molecule has 1 aromatic carbocycles. The molecule has 0 radical (unpaired) electrons. The highest BCUT2D eigenvalue weighted by Gasteiger charge is 2.09. The van der Waals surface area contributed by atoms with Crippen molar-refractivity contribution in [2.45, 2.75) is 26.8 Å². The van der Waals surface area contributed by atoms with Crippen LogP contribution in [0.1, 0.15) is 25.1 Å². The van der Waals surface area contributed by atoms with Crippen molar-refractivity contribution in [3.8, 4) is 11.5 Å². The summed E-state index contributed by atoms with van der Waals surface area (Å²) in [6.07, 6.45) is 2.71. The van der Waals surface area contributed by atoms with Gasteiger partial charge in [-0.1, -0.05) is 32.0 Å². The summed E-state index contributed by atoms with van der Waals surface area (Å²) in [5, 5.41) is 3.24. The fourth-order valence-electron chi connectivity index (χ4n) is 1.80. The average molecular weight is 230 g/mol. The van der Waals surface area contributed by atoms with Gasteiger partial charge in [0, 0.05) is 12.1 Å². The summed E-state index contributed by atoms with van der Waals surface area (Å²) < 4.78 is 5.54. The molecular weight excluding hydrogens is 212 g/mol. The molecule has 0 amide bonds. The number of hydrogen-bond donors (Lipinski definition) is 1. The van der Waals surface area contributed by atoms with E-state index < -0.39 is 0 Å². The first-order valence-corrected chi connectivity index (χ1v) is 6.08. The summed E-state index contributed by atoms with van der Waals surface area (Å²) in [5.74, 6) is 0.718. The van der Waals surface area contributed by atoms with Crippen LogP contribution in [0.25, 0.3) is 11.5 Å². The first-order chi connectivity index (χ1) is 8.35. The Morgan fingerprint density at radius 3 is 2.82 bits per heavy atom. The van der Waals surface area contributed by atoms with E-state index in [9.17, 15) is 0 Å². The Balaban J connectivity index is 2.24. The SMILES string of the molecule is CCNCc1coc(-c2ccccc2CC)n1. The van der Waals surface area contributed by atoms with Gasteiger partial charge in [-0.15, -0.1) is 0 Å². The Kier molecular flexibility index (Phi) is 3.94. The highest BCUT2D eigenvalue weighted by Crippen LogP contribution is 2.23. The Hall–Kier alpha value is -1.61. The zero-order valence-corrected chi connectivity index (χ0v) is 10.4. The van der Waals surface area contributed by atoms with Crippen LogP contribution in [0.2, 0.25) is 0 Å². The van der Waals surface area contributed by atoms with E-state index in [1.54, 1.807) is 6.26 Å². The van der Waals surface area contributed by atoms with Gasteiger partial charge in [0.2, 0.25) is 5.89 Å². The molecular formula is C14H18N2O. The summed E-state index contributed by atoms with van der Waals surface area (Å²) in [7, 11) is 0. The predicted octanol–water partition coefficient (Wildman–Crippen LogP) is 3.01. The standard InChI is InChI=1S/C14H18N2O/c1-3-11-7-5-6-8-13(11)14-16-12(10-17-14)9-15-4-2/h5-8,10,15H,3-4,9H2,1-2H3. The predicted molar refractivity (Wildman–Crippen MR) is 68.7 cm³/mol. The van der Waals surface area contributed by atoms with E-state index >= 15 is 0 Å². The second kappa shape index (κ2) is 5.64. The van der Waals surface area contributed by atoms with Gasteiger partial charge in [-0.3, -0.25) is 0 Å². The van der Waals surface area contributed by atoms with Crippen molar-refractivity contribution in [3.05, 3.63) is 41.8 Å². The van der Waals surface area contributed by atoms with Crippen LogP contribution >= 0.6 is 0 Å². The molecule has 17 heavy (non-hydrogen) atoms. The number of nitrogens with zero attached hydrogens (tertiary/aromatic N) is 1. The van der Waals surface area contributed by atoms with Crippen molar-refractivity contribution >= 4 is 0 Å². The second-order valence-electron chi connectivity index (χ2n) is 3.94. The molecule has 1 N–H and O–H groups in total. The Bertz CT molecular complexity index is 477. The number of aryl methyl sites for hydroxylation is 1. The van der Waals surface area contributed by atoms with Gasteiger partial charge in [0.25, 0.3) is 0 Å². The molecule has 0 saturated heterocycles. The maximum absolute atomic E-state index is 5.54. The lowest BCUT2D eigenvalue weighted by Crippen LogP contribution is -2.11. The lowest BCUT2D eigenvalue weighted by Gasteiger charge is -2.02. The van der Waals surface area contributed by atoms with Crippen molar-refractivity contribution in [2.75, 3.05) is 6.54 Å². The monoisotopic (exact) mass is 230 g/mol. The summed E-state index contributed by atoms with van der Waals surface area (Å²) in [6, 6.07) is 8.23.